The van der Waals surface area contributed by atoms with Gasteiger partial charge in [0.2, 0.25) is 0 Å². The lowest BCUT2D eigenvalue weighted by Crippen LogP contribution is -2.16. The fourth-order valence-corrected chi connectivity index (χ4v) is 4.16. The van der Waals surface area contributed by atoms with Crippen molar-refractivity contribution >= 4 is 5.97 Å². The van der Waals surface area contributed by atoms with Gasteiger partial charge in [-0.25, -0.2) is 13.6 Å². The highest BCUT2D eigenvalue weighted by Gasteiger charge is 2.26. The van der Waals surface area contributed by atoms with Gasteiger partial charge >= 0.3 is 5.97 Å². The zero-order valence-corrected chi connectivity index (χ0v) is 15.0. The lowest BCUT2D eigenvalue weighted by atomic mass is 9.75. The molecule has 0 unspecified atom stereocenters. The van der Waals surface area contributed by atoms with Crippen LogP contribution in [0.25, 0.3) is 11.1 Å². The molecule has 0 heterocycles. The number of benzene rings is 2. The molecule has 2 nitrogen and oxygen atoms in total. The standard InChI is InChI=1S/C22H24F2O2/c1-2-3-14-4-6-15(7-5-14)20-12-16(8-10-19(20)22(25)26)18-11-9-17(23)13-21(18)24/h8-15H,2-7H2,1H3,(H,25,26)/t14-,15-. The molecule has 0 radical (unpaired) electrons. The van der Waals surface area contributed by atoms with E-state index in [4.69, 9.17) is 0 Å². The van der Waals surface area contributed by atoms with E-state index >= 15 is 0 Å². The number of hydrogen-bond acceptors (Lipinski definition) is 1. The maximum absolute atomic E-state index is 14.1. The first-order chi connectivity index (χ1) is 12.5. The van der Waals surface area contributed by atoms with E-state index in [1.807, 2.05) is 0 Å². The van der Waals surface area contributed by atoms with Crippen LogP contribution in [-0.2, 0) is 0 Å². The van der Waals surface area contributed by atoms with Gasteiger partial charge in [-0.15, -0.1) is 0 Å². The van der Waals surface area contributed by atoms with Crippen LogP contribution >= 0.6 is 0 Å². The first-order valence-electron chi connectivity index (χ1n) is 9.32. The third kappa shape index (κ3) is 3.95. The van der Waals surface area contributed by atoms with E-state index in [-0.39, 0.29) is 11.5 Å². The van der Waals surface area contributed by atoms with Gasteiger partial charge in [0, 0.05) is 11.6 Å². The topological polar surface area (TPSA) is 37.3 Å². The molecule has 0 atom stereocenters. The van der Waals surface area contributed by atoms with E-state index in [2.05, 4.69) is 6.92 Å². The molecular formula is C22H24F2O2. The van der Waals surface area contributed by atoms with Crippen molar-refractivity contribution in [3.05, 3.63) is 59.2 Å². The van der Waals surface area contributed by atoms with Gasteiger partial charge in [-0.2, -0.15) is 0 Å². The summed E-state index contributed by atoms with van der Waals surface area (Å²) in [7, 11) is 0. The van der Waals surface area contributed by atoms with Crippen LogP contribution in [0, 0.1) is 17.6 Å². The summed E-state index contributed by atoms with van der Waals surface area (Å²) in [4.78, 5) is 11.7. The summed E-state index contributed by atoms with van der Waals surface area (Å²) in [6.45, 7) is 2.19. The molecule has 1 fully saturated rings. The third-order valence-electron chi connectivity index (χ3n) is 5.51. The molecule has 2 aromatic carbocycles. The Morgan fingerprint density at radius 2 is 1.81 bits per heavy atom. The van der Waals surface area contributed by atoms with Crippen LogP contribution in [-0.4, -0.2) is 11.1 Å². The first-order valence-corrected chi connectivity index (χ1v) is 9.32. The average Bonchev–Trinajstić information content (AvgIpc) is 2.62. The Kier molecular flexibility index (Phi) is 5.70. The summed E-state index contributed by atoms with van der Waals surface area (Å²) in [5.74, 6) is -1.31. The van der Waals surface area contributed by atoms with E-state index in [1.165, 1.54) is 25.0 Å². The predicted octanol–water partition coefficient (Wildman–Crippen LogP) is 6.40. The third-order valence-corrected chi connectivity index (χ3v) is 5.51. The monoisotopic (exact) mass is 358 g/mol. The van der Waals surface area contributed by atoms with E-state index < -0.39 is 17.6 Å². The minimum atomic E-state index is -0.957. The minimum absolute atomic E-state index is 0.178. The molecule has 138 valence electrons. The van der Waals surface area contributed by atoms with Gasteiger partial charge in [-0.1, -0.05) is 25.8 Å². The maximum Gasteiger partial charge on any atom is 0.335 e. The fourth-order valence-electron chi connectivity index (χ4n) is 4.16. The van der Waals surface area contributed by atoms with Crippen LogP contribution in [0.3, 0.4) is 0 Å². The molecule has 1 saturated carbocycles. The molecule has 0 amide bonds. The second-order valence-corrected chi connectivity index (χ2v) is 7.24. The van der Waals surface area contributed by atoms with Crippen molar-refractivity contribution in [3.63, 3.8) is 0 Å². The maximum atomic E-state index is 14.1. The smallest absolute Gasteiger partial charge is 0.335 e. The summed E-state index contributed by atoms with van der Waals surface area (Å²) in [5, 5.41) is 9.56. The van der Waals surface area contributed by atoms with E-state index in [1.54, 1.807) is 18.2 Å². The number of carbonyl (C=O) groups is 1. The van der Waals surface area contributed by atoms with Crippen molar-refractivity contribution in [2.75, 3.05) is 0 Å². The van der Waals surface area contributed by atoms with Gasteiger partial charge in [-0.05, 0) is 72.9 Å². The first kappa shape index (κ1) is 18.6. The van der Waals surface area contributed by atoms with Crippen molar-refractivity contribution < 1.29 is 18.7 Å². The van der Waals surface area contributed by atoms with E-state index in [0.29, 0.717) is 11.1 Å². The molecule has 0 aromatic heterocycles. The van der Waals surface area contributed by atoms with Gasteiger partial charge in [0.25, 0.3) is 0 Å². The van der Waals surface area contributed by atoms with Crippen molar-refractivity contribution in [3.8, 4) is 11.1 Å². The van der Waals surface area contributed by atoms with E-state index in [9.17, 15) is 18.7 Å². The normalized spacial score (nSPS) is 20.1. The second kappa shape index (κ2) is 7.98. The highest BCUT2D eigenvalue weighted by atomic mass is 19.1. The minimum Gasteiger partial charge on any atom is -0.478 e. The molecule has 1 aliphatic carbocycles. The number of carboxylic acids is 1. The molecule has 1 N–H and O–H groups in total. The zero-order valence-electron chi connectivity index (χ0n) is 15.0. The summed E-state index contributed by atoms with van der Waals surface area (Å²) in [6, 6.07) is 8.42. The molecule has 26 heavy (non-hydrogen) atoms. The summed E-state index contributed by atoms with van der Waals surface area (Å²) < 4.78 is 27.3. The van der Waals surface area contributed by atoms with Gasteiger partial charge in [0.15, 0.2) is 0 Å². The molecular weight excluding hydrogens is 334 g/mol. The Labute approximate surface area is 152 Å². The van der Waals surface area contributed by atoms with Crippen molar-refractivity contribution in [2.24, 2.45) is 5.92 Å². The Morgan fingerprint density at radius 1 is 1.08 bits per heavy atom. The fraction of sp³-hybridized carbons (Fsp3) is 0.409. The van der Waals surface area contributed by atoms with Gasteiger partial charge in [-0.3, -0.25) is 0 Å². The van der Waals surface area contributed by atoms with Crippen LogP contribution in [0.4, 0.5) is 8.78 Å². The average molecular weight is 358 g/mol. The number of aromatic carboxylic acids is 1. The lowest BCUT2D eigenvalue weighted by Gasteiger charge is -2.29. The Hall–Kier alpha value is -2.23. The molecule has 0 saturated heterocycles. The van der Waals surface area contributed by atoms with Crippen LogP contribution in [0.2, 0.25) is 0 Å². The molecule has 4 heteroatoms. The molecule has 0 spiro atoms. The van der Waals surface area contributed by atoms with Crippen molar-refractivity contribution in [1.82, 2.24) is 0 Å². The number of carboxylic acid groups (broad SMARTS) is 1. The summed E-state index contributed by atoms with van der Waals surface area (Å²) in [6.07, 6.45) is 6.52. The number of halogens is 2. The van der Waals surface area contributed by atoms with E-state index in [0.717, 1.165) is 43.2 Å². The Bertz CT molecular complexity index is 793. The number of hydrogen-bond donors (Lipinski definition) is 1. The summed E-state index contributed by atoms with van der Waals surface area (Å²) in [5.41, 5.74) is 1.95. The van der Waals surface area contributed by atoms with Crippen molar-refractivity contribution in [1.29, 1.82) is 0 Å². The lowest BCUT2D eigenvalue weighted by molar-refractivity contribution is 0.0694. The number of rotatable bonds is 5. The van der Waals surface area contributed by atoms with Gasteiger partial charge < -0.3 is 5.11 Å². The highest BCUT2D eigenvalue weighted by Crippen LogP contribution is 2.40. The van der Waals surface area contributed by atoms with Crippen LogP contribution in [0.5, 0.6) is 0 Å². The zero-order chi connectivity index (χ0) is 18.7. The predicted molar refractivity (Wildman–Crippen MR) is 98.4 cm³/mol. The van der Waals surface area contributed by atoms with Crippen LogP contribution in [0.1, 0.15) is 67.3 Å². The van der Waals surface area contributed by atoms with Gasteiger partial charge in [0.05, 0.1) is 5.56 Å². The Balaban J connectivity index is 1.94. The molecule has 2 aromatic rings. The Morgan fingerprint density at radius 3 is 2.42 bits per heavy atom. The molecule has 1 aliphatic rings. The summed E-state index contributed by atoms with van der Waals surface area (Å²) >= 11 is 0. The second-order valence-electron chi connectivity index (χ2n) is 7.24. The quantitative estimate of drug-likeness (QED) is 0.671. The largest absolute Gasteiger partial charge is 0.478 e. The molecule has 0 aliphatic heterocycles. The van der Waals surface area contributed by atoms with Crippen molar-refractivity contribution in [2.45, 2.75) is 51.4 Å². The van der Waals surface area contributed by atoms with Crippen LogP contribution < -0.4 is 0 Å². The molecule has 3 rings (SSSR count). The van der Waals surface area contributed by atoms with Gasteiger partial charge in [0.1, 0.15) is 11.6 Å². The highest BCUT2D eigenvalue weighted by molar-refractivity contribution is 5.90. The van der Waals surface area contributed by atoms with Crippen LogP contribution in [0.15, 0.2) is 36.4 Å². The SMILES string of the molecule is CCC[C@H]1CC[C@H](c2cc(-c3ccc(F)cc3F)ccc2C(=O)O)CC1. The molecule has 0 bridgehead atoms.